The smallest absolute Gasteiger partial charge is 0.240 e. The normalized spacial score (nSPS) is 28.1. The average molecular weight is 250 g/mol. The molecular weight excluding hydrogens is 224 g/mol. The van der Waals surface area contributed by atoms with Crippen molar-refractivity contribution in [3.05, 3.63) is 24.2 Å². The highest BCUT2D eigenvalue weighted by Gasteiger charge is 2.21. The van der Waals surface area contributed by atoms with Crippen LogP contribution in [0, 0.1) is 17.8 Å². The lowest BCUT2D eigenvalue weighted by atomic mass is 9.79. The summed E-state index contributed by atoms with van der Waals surface area (Å²) in [5.41, 5.74) is 1.61. The van der Waals surface area contributed by atoms with Gasteiger partial charge in [0.15, 0.2) is 0 Å². The van der Waals surface area contributed by atoms with E-state index < -0.39 is 0 Å². The first-order valence-corrected chi connectivity index (χ1v) is 7.29. The summed E-state index contributed by atoms with van der Waals surface area (Å²) < 4.78 is 10.7. The Bertz CT molecular complexity index is 309. The highest BCUT2D eigenvalue weighted by atomic mass is 16.7. The first-order valence-electron chi connectivity index (χ1n) is 7.29. The van der Waals surface area contributed by atoms with Gasteiger partial charge in [-0.05, 0) is 43.4 Å². The number of hydrogen-bond acceptors (Lipinski definition) is 2. The van der Waals surface area contributed by atoms with Gasteiger partial charge in [0.25, 0.3) is 0 Å². The van der Waals surface area contributed by atoms with Gasteiger partial charge in [0, 0.05) is 6.42 Å². The Morgan fingerprint density at radius 1 is 1.28 bits per heavy atom. The molecule has 1 heterocycles. The molecule has 1 aliphatic carbocycles. The van der Waals surface area contributed by atoms with Gasteiger partial charge >= 0.3 is 0 Å². The number of ether oxygens (including phenoxy) is 2. The van der Waals surface area contributed by atoms with E-state index in [2.05, 4.69) is 26.8 Å². The Balaban J connectivity index is 1.83. The maximum absolute atomic E-state index is 5.33. The molecule has 0 saturated heterocycles. The van der Waals surface area contributed by atoms with Crippen LogP contribution in [0.15, 0.2) is 24.2 Å². The van der Waals surface area contributed by atoms with Crippen molar-refractivity contribution in [1.29, 1.82) is 0 Å². The van der Waals surface area contributed by atoms with E-state index >= 15 is 0 Å². The zero-order valence-electron chi connectivity index (χ0n) is 11.9. The number of hydrogen-bond donors (Lipinski definition) is 0. The molecule has 2 unspecified atom stereocenters. The SMILES string of the molecule is CC(C)CC1C=C(CCC2OC=CO2)CC(C)C1. The van der Waals surface area contributed by atoms with Crippen molar-refractivity contribution >= 4 is 0 Å². The molecule has 0 N–H and O–H groups in total. The Hall–Kier alpha value is -0.920. The van der Waals surface area contributed by atoms with E-state index in [1.807, 2.05) is 0 Å². The molecule has 0 saturated carbocycles. The minimum Gasteiger partial charge on any atom is -0.459 e. The van der Waals surface area contributed by atoms with Crippen LogP contribution in [0.1, 0.15) is 52.9 Å². The van der Waals surface area contributed by atoms with Crippen LogP contribution in [0.3, 0.4) is 0 Å². The van der Waals surface area contributed by atoms with Crippen molar-refractivity contribution < 1.29 is 9.47 Å². The second-order valence-electron chi connectivity index (χ2n) is 6.27. The van der Waals surface area contributed by atoms with E-state index in [4.69, 9.17) is 9.47 Å². The molecule has 0 radical (unpaired) electrons. The van der Waals surface area contributed by atoms with E-state index in [9.17, 15) is 0 Å². The van der Waals surface area contributed by atoms with Crippen LogP contribution in [-0.4, -0.2) is 6.29 Å². The molecule has 102 valence electrons. The molecule has 0 aromatic heterocycles. The predicted octanol–water partition coefficient (Wildman–Crippen LogP) is 4.63. The minimum absolute atomic E-state index is 0.0494. The van der Waals surface area contributed by atoms with Crippen molar-refractivity contribution in [2.75, 3.05) is 0 Å². The molecule has 0 amide bonds. The fourth-order valence-electron chi connectivity index (χ4n) is 3.18. The summed E-state index contributed by atoms with van der Waals surface area (Å²) in [5, 5.41) is 0. The van der Waals surface area contributed by atoms with Crippen molar-refractivity contribution in [2.45, 2.75) is 59.2 Å². The summed E-state index contributed by atoms with van der Waals surface area (Å²) in [4.78, 5) is 0. The molecule has 0 fully saturated rings. The van der Waals surface area contributed by atoms with Crippen LogP contribution in [0.25, 0.3) is 0 Å². The van der Waals surface area contributed by atoms with Crippen molar-refractivity contribution in [1.82, 2.24) is 0 Å². The molecular formula is C16H26O2. The van der Waals surface area contributed by atoms with Crippen molar-refractivity contribution in [3.8, 4) is 0 Å². The van der Waals surface area contributed by atoms with Crippen LogP contribution >= 0.6 is 0 Å². The zero-order chi connectivity index (χ0) is 13.0. The van der Waals surface area contributed by atoms with E-state index in [0.29, 0.717) is 0 Å². The average Bonchev–Trinajstić information content (AvgIpc) is 2.77. The lowest BCUT2D eigenvalue weighted by molar-refractivity contribution is -0.0277. The predicted molar refractivity (Wildman–Crippen MR) is 73.8 cm³/mol. The summed E-state index contributed by atoms with van der Waals surface area (Å²) in [6.07, 6.45) is 11.8. The Morgan fingerprint density at radius 2 is 2.00 bits per heavy atom. The summed E-state index contributed by atoms with van der Waals surface area (Å²) in [5.74, 6) is 2.41. The Morgan fingerprint density at radius 3 is 2.67 bits per heavy atom. The maximum Gasteiger partial charge on any atom is 0.240 e. The quantitative estimate of drug-likeness (QED) is 0.662. The summed E-state index contributed by atoms with van der Waals surface area (Å²) in [7, 11) is 0. The molecule has 2 rings (SSSR count). The lowest BCUT2D eigenvalue weighted by Gasteiger charge is -2.27. The van der Waals surface area contributed by atoms with Crippen molar-refractivity contribution in [2.24, 2.45) is 17.8 Å². The summed E-state index contributed by atoms with van der Waals surface area (Å²) in [6.45, 7) is 7.02. The van der Waals surface area contributed by atoms with E-state index in [-0.39, 0.29) is 6.29 Å². The molecule has 0 spiro atoms. The largest absolute Gasteiger partial charge is 0.459 e. The Labute approximate surface area is 111 Å². The maximum atomic E-state index is 5.33. The van der Waals surface area contributed by atoms with E-state index in [0.717, 1.165) is 30.6 Å². The standard InChI is InChI=1S/C16H26O2/c1-12(2)8-15-10-13(3)9-14(11-15)4-5-16-17-6-7-18-16/h6-7,11-13,15-16H,4-5,8-10H2,1-3H3. The molecule has 2 heteroatoms. The number of allylic oxidation sites excluding steroid dienone is 2. The van der Waals surface area contributed by atoms with Gasteiger partial charge in [-0.2, -0.15) is 0 Å². The van der Waals surface area contributed by atoms with Gasteiger partial charge in [0.05, 0.1) is 0 Å². The highest BCUT2D eigenvalue weighted by molar-refractivity contribution is 5.09. The fourth-order valence-corrected chi connectivity index (χ4v) is 3.18. The third-order valence-corrected chi connectivity index (χ3v) is 3.78. The first kappa shape index (κ1) is 13.5. The van der Waals surface area contributed by atoms with Crippen molar-refractivity contribution in [3.63, 3.8) is 0 Å². The molecule has 2 aliphatic rings. The first-order chi connectivity index (χ1) is 8.63. The van der Waals surface area contributed by atoms with Gasteiger partial charge in [0.1, 0.15) is 12.5 Å². The molecule has 0 aromatic carbocycles. The van der Waals surface area contributed by atoms with Gasteiger partial charge in [-0.3, -0.25) is 0 Å². The van der Waals surface area contributed by atoms with Crippen LogP contribution in [0.2, 0.25) is 0 Å². The van der Waals surface area contributed by atoms with Gasteiger partial charge in [-0.15, -0.1) is 0 Å². The van der Waals surface area contributed by atoms with Gasteiger partial charge in [0.2, 0.25) is 6.29 Å². The lowest BCUT2D eigenvalue weighted by Crippen LogP contribution is -2.15. The second-order valence-corrected chi connectivity index (χ2v) is 6.27. The molecule has 2 nitrogen and oxygen atoms in total. The van der Waals surface area contributed by atoms with Crippen LogP contribution in [0.5, 0.6) is 0 Å². The second kappa shape index (κ2) is 6.31. The van der Waals surface area contributed by atoms with E-state index in [1.165, 1.54) is 19.3 Å². The fraction of sp³-hybridized carbons (Fsp3) is 0.750. The topological polar surface area (TPSA) is 18.5 Å². The molecule has 1 aliphatic heterocycles. The number of rotatable bonds is 5. The van der Waals surface area contributed by atoms with Gasteiger partial charge in [-0.25, -0.2) is 0 Å². The minimum atomic E-state index is -0.0494. The molecule has 18 heavy (non-hydrogen) atoms. The van der Waals surface area contributed by atoms with Gasteiger partial charge in [-0.1, -0.05) is 32.4 Å². The Kier molecular flexibility index (Phi) is 4.73. The summed E-state index contributed by atoms with van der Waals surface area (Å²) >= 11 is 0. The third kappa shape index (κ3) is 4.08. The monoisotopic (exact) mass is 250 g/mol. The third-order valence-electron chi connectivity index (χ3n) is 3.78. The van der Waals surface area contributed by atoms with Crippen LogP contribution in [0.4, 0.5) is 0 Å². The molecule has 0 bridgehead atoms. The van der Waals surface area contributed by atoms with Gasteiger partial charge < -0.3 is 9.47 Å². The van der Waals surface area contributed by atoms with Crippen LogP contribution < -0.4 is 0 Å². The zero-order valence-corrected chi connectivity index (χ0v) is 11.9. The summed E-state index contributed by atoms with van der Waals surface area (Å²) in [6, 6.07) is 0. The van der Waals surface area contributed by atoms with E-state index in [1.54, 1.807) is 18.1 Å². The van der Waals surface area contributed by atoms with Crippen LogP contribution in [-0.2, 0) is 9.47 Å². The molecule has 2 atom stereocenters. The molecule has 0 aromatic rings. The highest BCUT2D eigenvalue weighted by Crippen LogP contribution is 2.34.